The van der Waals surface area contributed by atoms with Crippen LogP contribution in [0.1, 0.15) is 41.2 Å². The Balaban J connectivity index is 1.31. The van der Waals surface area contributed by atoms with E-state index in [0.717, 1.165) is 42.4 Å². The molecule has 1 atom stereocenters. The number of nitrogens with one attached hydrogen (secondary N) is 1. The minimum Gasteiger partial charge on any atom is -0.482 e. The minimum absolute atomic E-state index is 0.192. The molecule has 0 amide bonds. The fourth-order valence-corrected chi connectivity index (χ4v) is 4.32. The number of carbonyl (C=O) groups is 1. The molecule has 3 aromatic rings. The van der Waals surface area contributed by atoms with Crippen LogP contribution in [0.25, 0.3) is 0 Å². The van der Waals surface area contributed by atoms with Gasteiger partial charge in [0.1, 0.15) is 11.9 Å². The van der Waals surface area contributed by atoms with Crippen molar-refractivity contribution in [2.45, 2.75) is 31.8 Å². The molecule has 1 unspecified atom stereocenters. The molecule has 0 saturated carbocycles. The van der Waals surface area contributed by atoms with E-state index >= 15 is 0 Å². The lowest BCUT2D eigenvalue weighted by atomic mass is 9.82. The summed E-state index contributed by atoms with van der Waals surface area (Å²) in [6.07, 6.45) is 7.65. The molecule has 170 valence electrons. The highest BCUT2D eigenvalue weighted by atomic mass is 16.7. The molecular formula is C28H29NO4. The molecule has 0 fully saturated rings. The van der Waals surface area contributed by atoms with E-state index < -0.39 is 5.97 Å². The van der Waals surface area contributed by atoms with Gasteiger partial charge in [-0.2, -0.15) is 0 Å². The van der Waals surface area contributed by atoms with Crippen molar-refractivity contribution in [3.63, 3.8) is 0 Å². The lowest BCUT2D eigenvalue weighted by molar-refractivity contribution is -0.139. The first-order valence-electron chi connectivity index (χ1n) is 11.3. The molecule has 5 nitrogen and oxygen atoms in total. The fourth-order valence-electron chi connectivity index (χ4n) is 4.32. The summed E-state index contributed by atoms with van der Waals surface area (Å²) in [5.74, 6) is 0.277. The first kappa shape index (κ1) is 22.6. The largest absolute Gasteiger partial charge is 0.482 e. The summed E-state index contributed by atoms with van der Waals surface area (Å²) in [7, 11) is 0. The van der Waals surface area contributed by atoms with Crippen molar-refractivity contribution in [2.24, 2.45) is 5.92 Å². The van der Waals surface area contributed by atoms with Gasteiger partial charge in [0.2, 0.25) is 0 Å². The fraction of sp³-hybridized carbons (Fsp3) is 0.250. The molecule has 4 rings (SSSR count). The molecule has 33 heavy (non-hydrogen) atoms. The van der Waals surface area contributed by atoms with Gasteiger partial charge in [-0.25, -0.2) is 4.79 Å². The number of benzene rings is 3. The van der Waals surface area contributed by atoms with Crippen molar-refractivity contribution in [1.29, 1.82) is 0 Å². The smallest absolute Gasteiger partial charge is 0.341 e. The van der Waals surface area contributed by atoms with E-state index in [-0.39, 0.29) is 12.7 Å². The van der Waals surface area contributed by atoms with E-state index in [2.05, 4.69) is 41.9 Å². The zero-order chi connectivity index (χ0) is 22.9. The number of aliphatic carboxylic acids is 1. The van der Waals surface area contributed by atoms with Crippen LogP contribution in [0.15, 0.2) is 91.1 Å². The minimum atomic E-state index is -0.956. The van der Waals surface area contributed by atoms with Crippen LogP contribution in [0.4, 0.5) is 0 Å². The van der Waals surface area contributed by atoms with E-state index in [1.54, 1.807) is 0 Å². The third-order valence-corrected chi connectivity index (χ3v) is 5.94. The molecule has 0 heterocycles. The third kappa shape index (κ3) is 6.24. The Morgan fingerprint density at radius 2 is 1.70 bits per heavy atom. The molecule has 0 saturated heterocycles. The average Bonchev–Trinajstić information content (AvgIpc) is 2.85. The summed E-state index contributed by atoms with van der Waals surface area (Å²) >= 11 is 0. The Labute approximate surface area is 194 Å². The van der Waals surface area contributed by atoms with Gasteiger partial charge in [-0.1, -0.05) is 78.9 Å². The third-order valence-electron chi connectivity index (χ3n) is 5.94. The Kier molecular flexibility index (Phi) is 7.77. The summed E-state index contributed by atoms with van der Waals surface area (Å²) in [5.41, 5.74) is 7.60. The van der Waals surface area contributed by atoms with Crippen molar-refractivity contribution >= 4 is 5.97 Å². The van der Waals surface area contributed by atoms with Crippen molar-refractivity contribution in [3.8, 4) is 5.75 Å². The molecule has 0 aromatic heterocycles. The second kappa shape index (κ2) is 11.3. The predicted octanol–water partition coefficient (Wildman–Crippen LogP) is 5.47. The molecule has 3 aromatic carbocycles. The van der Waals surface area contributed by atoms with Crippen LogP contribution >= 0.6 is 0 Å². The van der Waals surface area contributed by atoms with Gasteiger partial charge in [0.05, 0.1) is 0 Å². The maximum absolute atomic E-state index is 10.8. The number of fused-ring (bicyclic) bond motifs is 1. The quantitative estimate of drug-likeness (QED) is 0.407. The number of carboxylic acids is 1. The Morgan fingerprint density at radius 1 is 1.00 bits per heavy atom. The molecule has 0 spiro atoms. The molecule has 0 radical (unpaired) electrons. The van der Waals surface area contributed by atoms with Gasteiger partial charge < -0.3 is 9.84 Å². The molecule has 1 aliphatic carbocycles. The lowest BCUT2D eigenvalue weighted by Gasteiger charge is -2.25. The van der Waals surface area contributed by atoms with Crippen LogP contribution in [-0.4, -0.2) is 17.7 Å². The summed E-state index contributed by atoms with van der Waals surface area (Å²) in [4.78, 5) is 16.8. The summed E-state index contributed by atoms with van der Waals surface area (Å²) in [5, 5.41) is 8.88. The lowest BCUT2D eigenvalue weighted by Crippen LogP contribution is -2.17. The summed E-state index contributed by atoms with van der Waals surface area (Å²) in [6, 6.07) is 26.3. The van der Waals surface area contributed by atoms with Crippen molar-refractivity contribution in [3.05, 3.63) is 113 Å². The highest BCUT2D eigenvalue weighted by Crippen LogP contribution is 2.33. The Morgan fingerprint density at radius 3 is 2.36 bits per heavy atom. The number of hydroxylamine groups is 1. The van der Waals surface area contributed by atoms with E-state index in [9.17, 15) is 4.79 Å². The summed E-state index contributed by atoms with van der Waals surface area (Å²) < 4.78 is 5.47. The van der Waals surface area contributed by atoms with E-state index in [1.165, 1.54) is 5.56 Å². The van der Waals surface area contributed by atoms with Crippen molar-refractivity contribution in [1.82, 2.24) is 5.48 Å². The molecular weight excluding hydrogens is 414 g/mol. The van der Waals surface area contributed by atoms with Gasteiger partial charge in [0.15, 0.2) is 6.61 Å². The van der Waals surface area contributed by atoms with Gasteiger partial charge in [0, 0.05) is 6.20 Å². The van der Waals surface area contributed by atoms with Gasteiger partial charge >= 0.3 is 5.97 Å². The Hall–Kier alpha value is -3.57. The maximum Gasteiger partial charge on any atom is 0.341 e. The second-order valence-corrected chi connectivity index (χ2v) is 8.26. The Bertz CT molecular complexity index is 1030. The highest BCUT2D eigenvalue weighted by molar-refractivity contribution is 5.68. The van der Waals surface area contributed by atoms with E-state index in [1.807, 2.05) is 54.7 Å². The van der Waals surface area contributed by atoms with Crippen molar-refractivity contribution in [2.75, 3.05) is 6.61 Å². The van der Waals surface area contributed by atoms with Crippen LogP contribution in [0.3, 0.4) is 0 Å². The summed E-state index contributed by atoms with van der Waals surface area (Å²) in [6.45, 7) is -0.304. The van der Waals surface area contributed by atoms with E-state index in [4.69, 9.17) is 14.7 Å². The zero-order valence-electron chi connectivity index (χ0n) is 18.5. The number of rotatable bonds is 10. The number of hydrogen-bond donors (Lipinski definition) is 2. The molecule has 5 heteroatoms. The highest BCUT2D eigenvalue weighted by Gasteiger charge is 2.21. The normalized spacial score (nSPS) is 15.4. The zero-order valence-corrected chi connectivity index (χ0v) is 18.5. The van der Waals surface area contributed by atoms with Crippen LogP contribution < -0.4 is 10.2 Å². The molecule has 0 bridgehead atoms. The number of ether oxygens (including phenoxy) is 1. The first-order valence-corrected chi connectivity index (χ1v) is 11.3. The number of allylic oxidation sites excluding steroid dienone is 1. The number of carboxylic acid groups (broad SMARTS) is 1. The SMILES string of the molecule is O=C(O)COc1cccc2c1CCC(CC=CNOC(c1ccccc1)c1ccccc1)C2. The molecule has 2 N–H and O–H groups in total. The van der Waals surface area contributed by atoms with Crippen LogP contribution in [0.5, 0.6) is 5.75 Å². The monoisotopic (exact) mass is 443 g/mol. The topological polar surface area (TPSA) is 67.8 Å². The van der Waals surface area contributed by atoms with Gasteiger partial charge in [-0.15, -0.1) is 0 Å². The van der Waals surface area contributed by atoms with E-state index in [0.29, 0.717) is 11.7 Å². The maximum atomic E-state index is 10.8. The van der Waals surface area contributed by atoms with Gasteiger partial charge in [-0.05, 0) is 59.9 Å². The van der Waals surface area contributed by atoms with Gasteiger partial charge in [0.25, 0.3) is 0 Å². The molecule has 0 aliphatic heterocycles. The standard InChI is InChI=1S/C28H29NO4/c30-27(31)20-32-26-15-7-14-24-19-21(16-17-25(24)26)9-8-18-29-33-28(22-10-3-1-4-11-22)23-12-5-2-6-13-23/h1-8,10-15,18,21,28-29H,9,16-17,19-20H2,(H,30,31). The molecule has 1 aliphatic rings. The van der Waals surface area contributed by atoms with Crippen LogP contribution in [-0.2, 0) is 22.5 Å². The van der Waals surface area contributed by atoms with Crippen LogP contribution in [0, 0.1) is 5.92 Å². The number of hydrogen-bond acceptors (Lipinski definition) is 4. The van der Waals surface area contributed by atoms with Crippen molar-refractivity contribution < 1.29 is 19.5 Å². The van der Waals surface area contributed by atoms with Gasteiger partial charge in [-0.3, -0.25) is 10.3 Å². The second-order valence-electron chi connectivity index (χ2n) is 8.26. The van der Waals surface area contributed by atoms with Crippen LogP contribution in [0.2, 0.25) is 0 Å². The first-order chi connectivity index (χ1) is 16.2. The average molecular weight is 444 g/mol. The predicted molar refractivity (Wildman–Crippen MR) is 128 cm³/mol.